The molecule has 0 radical (unpaired) electrons. The van der Waals surface area contributed by atoms with Crippen LogP contribution in [0.5, 0.6) is 0 Å². The molecule has 55 heavy (non-hydrogen) atoms. The second-order valence-corrected chi connectivity index (χ2v) is 14.4. The number of para-hydroxylation sites is 2. The van der Waals surface area contributed by atoms with Gasteiger partial charge in [0.2, 0.25) is 0 Å². The number of nitrogens with zero attached hydrogens (tertiary/aromatic N) is 1. The molecule has 3 aromatic heterocycles. The van der Waals surface area contributed by atoms with Crippen LogP contribution >= 0.6 is 0 Å². The quantitative estimate of drug-likeness (QED) is 0.171. The largest absolute Gasteiger partial charge is 0.460 e. The molecular formula is C52H31NO2. The molecule has 0 aliphatic rings. The van der Waals surface area contributed by atoms with Gasteiger partial charge in [-0.15, -0.1) is 0 Å². The molecule has 0 aliphatic heterocycles. The number of aromatic nitrogens is 1. The zero-order chi connectivity index (χ0) is 36.0. The Kier molecular flexibility index (Phi) is 6.34. The molecule has 0 saturated carbocycles. The maximum Gasteiger partial charge on any atom is 0.178 e. The van der Waals surface area contributed by atoms with Crippen molar-refractivity contribution in [3.05, 3.63) is 188 Å². The summed E-state index contributed by atoms with van der Waals surface area (Å²) in [6.45, 7) is 0. The van der Waals surface area contributed by atoms with Crippen LogP contribution in [-0.4, -0.2) is 4.57 Å². The molecule has 256 valence electrons. The van der Waals surface area contributed by atoms with E-state index in [-0.39, 0.29) is 0 Å². The Hall–Kier alpha value is -7.36. The van der Waals surface area contributed by atoms with Crippen LogP contribution < -0.4 is 0 Å². The monoisotopic (exact) mass is 701 g/mol. The highest BCUT2D eigenvalue weighted by molar-refractivity contribution is 6.27. The maximum absolute atomic E-state index is 6.57. The second kappa shape index (κ2) is 11.6. The van der Waals surface area contributed by atoms with Crippen LogP contribution in [0.4, 0.5) is 0 Å². The topological polar surface area (TPSA) is 31.2 Å². The summed E-state index contributed by atoms with van der Waals surface area (Å²) >= 11 is 0. The Bertz CT molecular complexity index is 3420. The lowest BCUT2D eigenvalue weighted by Crippen LogP contribution is -1.93. The summed E-state index contributed by atoms with van der Waals surface area (Å²) in [5, 5.41) is 10.6. The highest BCUT2D eigenvalue weighted by atomic mass is 16.4. The fourth-order valence-electron chi connectivity index (χ4n) is 9.14. The summed E-state index contributed by atoms with van der Waals surface area (Å²) in [5.41, 5.74) is 13.0. The predicted octanol–water partition coefficient (Wildman–Crippen LogP) is 14.7. The molecule has 9 aromatic carbocycles. The van der Waals surface area contributed by atoms with Crippen molar-refractivity contribution in [2.75, 3.05) is 0 Å². The normalized spacial score (nSPS) is 12.0. The number of hydrogen-bond donors (Lipinski definition) is 0. The fraction of sp³-hybridized carbons (Fsp3) is 0. The Morgan fingerprint density at radius 2 is 0.982 bits per heavy atom. The number of hydrogen-bond acceptors (Lipinski definition) is 2. The van der Waals surface area contributed by atoms with Gasteiger partial charge >= 0.3 is 0 Å². The van der Waals surface area contributed by atoms with Gasteiger partial charge in [-0.2, -0.15) is 0 Å². The number of benzene rings is 9. The number of furan rings is 2. The van der Waals surface area contributed by atoms with Crippen molar-refractivity contribution in [3.8, 4) is 39.1 Å². The van der Waals surface area contributed by atoms with Crippen LogP contribution in [-0.2, 0) is 0 Å². The van der Waals surface area contributed by atoms with Crippen molar-refractivity contribution < 1.29 is 8.83 Å². The molecule has 0 unspecified atom stereocenters. The lowest BCUT2D eigenvalue weighted by atomic mass is 9.84. The van der Waals surface area contributed by atoms with Crippen molar-refractivity contribution >= 4 is 76.3 Å². The molecule has 0 aliphatic carbocycles. The Balaban J connectivity index is 1.12. The summed E-state index contributed by atoms with van der Waals surface area (Å²) in [6, 6.07) is 65.4. The minimum atomic E-state index is 0.775. The molecule has 0 amide bonds. The Morgan fingerprint density at radius 3 is 1.73 bits per heavy atom. The van der Waals surface area contributed by atoms with Crippen LogP contribution in [0.2, 0.25) is 0 Å². The standard InChI is InChI=1S/C52H31NO2/c1-3-14-32(15-4-1)44-31-54-51-40(44)28-27-39-43-30-33(26-29-47(43)55-52(39)51)48-35-18-7-9-20-37(35)49(38-21-10-8-19-36(38)48)42-23-13-25-46-50(42)41-22-11-12-24-45(41)53(46)34-16-5-2-6-17-34/h1-31H. The van der Waals surface area contributed by atoms with Crippen molar-refractivity contribution in [2.24, 2.45) is 0 Å². The summed E-state index contributed by atoms with van der Waals surface area (Å²) in [6.07, 6.45) is 1.85. The molecule has 0 spiro atoms. The lowest BCUT2D eigenvalue weighted by Gasteiger charge is -2.18. The van der Waals surface area contributed by atoms with E-state index in [9.17, 15) is 0 Å². The number of fused-ring (bicyclic) bond motifs is 10. The van der Waals surface area contributed by atoms with Crippen LogP contribution in [0.1, 0.15) is 0 Å². The first-order chi connectivity index (χ1) is 27.3. The average Bonchev–Trinajstić information content (AvgIpc) is 3.95. The molecule has 3 heterocycles. The van der Waals surface area contributed by atoms with Gasteiger partial charge in [0.1, 0.15) is 5.58 Å². The molecule has 0 N–H and O–H groups in total. The third-order valence-corrected chi connectivity index (χ3v) is 11.5. The molecule has 3 nitrogen and oxygen atoms in total. The van der Waals surface area contributed by atoms with E-state index in [0.29, 0.717) is 0 Å². The first-order valence-corrected chi connectivity index (χ1v) is 18.8. The van der Waals surface area contributed by atoms with E-state index in [4.69, 9.17) is 8.83 Å². The molecule has 3 heteroatoms. The van der Waals surface area contributed by atoms with E-state index in [2.05, 4.69) is 180 Å². The van der Waals surface area contributed by atoms with Crippen molar-refractivity contribution in [2.45, 2.75) is 0 Å². The smallest absolute Gasteiger partial charge is 0.178 e. The minimum Gasteiger partial charge on any atom is -0.460 e. The van der Waals surface area contributed by atoms with E-state index >= 15 is 0 Å². The van der Waals surface area contributed by atoms with Crippen molar-refractivity contribution in [1.82, 2.24) is 4.57 Å². The zero-order valence-electron chi connectivity index (χ0n) is 29.7. The van der Waals surface area contributed by atoms with Gasteiger partial charge in [-0.1, -0.05) is 133 Å². The third-order valence-electron chi connectivity index (χ3n) is 11.5. The summed E-state index contributed by atoms with van der Waals surface area (Å²) in [4.78, 5) is 0. The highest BCUT2D eigenvalue weighted by Gasteiger charge is 2.22. The molecule has 0 fully saturated rings. The van der Waals surface area contributed by atoms with E-state index in [0.717, 1.165) is 55.3 Å². The zero-order valence-corrected chi connectivity index (χ0v) is 29.7. The molecule has 0 saturated heterocycles. The van der Waals surface area contributed by atoms with Gasteiger partial charge < -0.3 is 13.4 Å². The van der Waals surface area contributed by atoms with Gasteiger partial charge in [0.05, 0.1) is 17.3 Å². The summed E-state index contributed by atoms with van der Waals surface area (Å²) < 4.78 is 15.2. The van der Waals surface area contributed by atoms with Crippen molar-refractivity contribution in [3.63, 3.8) is 0 Å². The second-order valence-electron chi connectivity index (χ2n) is 14.4. The van der Waals surface area contributed by atoms with E-state index < -0.39 is 0 Å². The van der Waals surface area contributed by atoms with E-state index in [1.54, 1.807) is 0 Å². The molecule has 12 aromatic rings. The van der Waals surface area contributed by atoms with Gasteiger partial charge in [0.25, 0.3) is 0 Å². The first-order valence-electron chi connectivity index (χ1n) is 18.8. The minimum absolute atomic E-state index is 0.775. The Morgan fingerprint density at radius 1 is 0.364 bits per heavy atom. The van der Waals surface area contributed by atoms with Gasteiger partial charge in [0, 0.05) is 38.2 Å². The lowest BCUT2D eigenvalue weighted by molar-refractivity contribution is 0.600. The van der Waals surface area contributed by atoms with E-state index in [1.165, 1.54) is 60.0 Å². The molecule has 0 atom stereocenters. The number of rotatable bonds is 4. The Labute approximate surface area is 315 Å². The van der Waals surface area contributed by atoms with Crippen LogP contribution in [0.15, 0.2) is 197 Å². The van der Waals surface area contributed by atoms with E-state index in [1.807, 2.05) is 12.3 Å². The molecule has 12 rings (SSSR count). The van der Waals surface area contributed by atoms with Crippen LogP contribution in [0.25, 0.3) is 115 Å². The summed E-state index contributed by atoms with van der Waals surface area (Å²) in [7, 11) is 0. The first kappa shape index (κ1) is 30.1. The summed E-state index contributed by atoms with van der Waals surface area (Å²) in [5.74, 6) is 0. The van der Waals surface area contributed by atoms with Gasteiger partial charge in [-0.05, 0) is 97.9 Å². The average molecular weight is 702 g/mol. The fourth-order valence-corrected chi connectivity index (χ4v) is 9.14. The van der Waals surface area contributed by atoms with Crippen LogP contribution in [0, 0.1) is 0 Å². The highest BCUT2D eigenvalue weighted by Crippen LogP contribution is 2.48. The third kappa shape index (κ3) is 4.32. The SMILES string of the molecule is c1ccc(-c2coc3c2ccc2c4cc(-c5c6ccccc6c(-c6cccc7c6c6ccccc6n7-c6ccccc6)c6ccccc56)ccc4oc23)cc1. The predicted molar refractivity (Wildman–Crippen MR) is 229 cm³/mol. The van der Waals surface area contributed by atoms with Crippen molar-refractivity contribution in [1.29, 1.82) is 0 Å². The van der Waals surface area contributed by atoms with Gasteiger partial charge in [-0.3, -0.25) is 0 Å². The molecule has 0 bridgehead atoms. The molecular weight excluding hydrogens is 671 g/mol. The van der Waals surface area contributed by atoms with Gasteiger partial charge in [0.15, 0.2) is 11.2 Å². The maximum atomic E-state index is 6.57. The van der Waals surface area contributed by atoms with Crippen LogP contribution in [0.3, 0.4) is 0 Å². The van der Waals surface area contributed by atoms with Gasteiger partial charge in [-0.25, -0.2) is 0 Å².